The Morgan fingerprint density at radius 3 is 2.92 bits per heavy atom. The molecule has 3 heterocycles. The molecule has 2 aromatic carbocycles. The highest BCUT2D eigenvalue weighted by atomic mass is 32.2. The number of thioether (sulfide) groups is 1. The van der Waals surface area contributed by atoms with Crippen molar-refractivity contribution in [1.82, 2.24) is 15.1 Å². The second-order valence-corrected chi connectivity index (χ2v) is 6.39. The van der Waals surface area contributed by atoms with Crippen LogP contribution in [0.2, 0.25) is 0 Å². The summed E-state index contributed by atoms with van der Waals surface area (Å²) < 4.78 is 34.6. The van der Waals surface area contributed by atoms with Gasteiger partial charge in [-0.1, -0.05) is 16.9 Å². The van der Waals surface area contributed by atoms with Gasteiger partial charge in [0.2, 0.25) is 18.5 Å². The molecule has 1 aliphatic heterocycles. The van der Waals surface area contributed by atoms with E-state index in [4.69, 9.17) is 18.4 Å². The van der Waals surface area contributed by atoms with Gasteiger partial charge < -0.3 is 18.4 Å². The minimum Gasteiger partial charge on any atom is -0.454 e. The van der Waals surface area contributed by atoms with Gasteiger partial charge in [0.15, 0.2) is 17.1 Å². The molecule has 0 bridgehead atoms. The van der Waals surface area contributed by atoms with Crippen LogP contribution in [0.15, 0.2) is 50.6 Å². The van der Waals surface area contributed by atoms with Gasteiger partial charge in [-0.3, -0.25) is 0 Å². The molecular weight excluding hydrogens is 361 g/mol. The number of nitrogens with zero attached hydrogens (tertiary/aromatic N) is 3. The van der Waals surface area contributed by atoms with Crippen LogP contribution in [0.3, 0.4) is 0 Å². The van der Waals surface area contributed by atoms with Crippen LogP contribution in [0.4, 0.5) is 4.39 Å². The number of halogens is 1. The first-order valence-corrected chi connectivity index (χ1v) is 8.65. The summed E-state index contributed by atoms with van der Waals surface area (Å²) in [7, 11) is 0. The molecule has 5 rings (SSSR count). The lowest BCUT2D eigenvalue weighted by Crippen LogP contribution is -1.92. The quantitative estimate of drug-likeness (QED) is 0.497. The van der Waals surface area contributed by atoms with E-state index in [1.165, 1.54) is 23.9 Å². The highest BCUT2D eigenvalue weighted by Crippen LogP contribution is 2.35. The minimum atomic E-state index is -0.365. The number of hydrogen-bond acceptors (Lipinski definition) is 8. The Kier molecular flexibility index (Phi) is 3.52. The Morgan fingerprint density at radius 2 is 1.96 bits per heavy atom. The molecule has 4 aromatic rings. The molecule has 9 heteroatoms. The van der Waals surface area contributed by atoms with E-state index >= 15 is 0 Å². The van der Waals surface area contributed by atoms with E-state index in [-0.39, 0.29) is 12.6 Å². The van der Waals surface area contributed by atoms with Gasteiger partial charge in [-0.05, 0) is 30.3 Å². The van der Waals surface area contributed by atoms with Crippen molar-refractivity contribution in [3.8, 4) is 22.9 Å². The molecule has 7 nitrogen and oxygen atoms in total. The maximum Gasteiger partial charge on any atom is 0.257 e. The van der Waals surface area contributed by atoms with Gasteiger partial charge in [0.25, 0.3) is 5.22 Å². The number of hydrogen-bond donors (Lipinski definition) is 0. The normalized spacial score (nSPS) is 12.8. The molecule has 1 aliphatic rings. The molecule has 130 valence electrons. The van der Waals surface area contributed by atoms with Gasteiger partial charge >= 0.3 is 0 Å². The predicted octanol–water partition coefficient (Wildman–Crippen LogP) is 4.04. The summed E-state index contributed by atoms with van der Waals surface area (Å²) in [4.78, 5) is 8.65. The van der Waals surface area contributed by atoms with Crippen molar-refractivity contribution in [3.63, 3.8) is 0 Å². The first-order chi connectivity index (χ1) is 12.7. The third-order valence-electron chi connectivity index (χ3n) is 3.75. The Bertz CT molecular complexity index is 1110. The fourth-order valence-electron chi connectivity index (χ4n) is 2.53. The van der Waals surface area contributed by atoms with Crippen molar-refractivity contribution < 1.29 is 22.8 Å². The molecule has 0 fully saturated rings. The molecule has 2 aromatic heterocycles. The molecule has 0 saturated carbocycles. The Balaban J connectivity index is 1.32. The third kappa shape index (κ3) is 2.76. The second-order valence-electron chi connectivity index (χ2n) is 5.46. The van der Waals surface area contributed by atoms with Crippen LogP contribution >= 0.6 is 11.8 Å². The summed E-state index contributed by atoms with van der Waals surface area (Å²) in [6.07, 6.45) is 0. The smallest absolute Gasteiger partial charge is 0.257 e. The summed E-state index contributed by atoms with van der Waals surface area (Å²) >= 11 is 1.29. The lowest BCUT2D eigenvalue weighted by Gasteiger charge is -1.97. The van der Waals surface area contributed by atoms with Crippen LogP contribution in [-0.2, 0) is 5.75 Å². The van der Waals surface area contributed by atoms with E-state index in [1.807, 2.05) is 6.07 Å². The summed E-state index contributed by atoms with van der Waals surface area (Å²) in [5.41, 5.74) is 1.77. The van der Waals surface area contributed by atoms with Crippen molar-refractivity contribution in [3.05, 3.63) is 48.1 Å². The van der Waals surface area contributed by atoms with Gasteiger partial charge in [-0.2, -0.15) is 4.98 Å². The zero-order valence-corrected chi connectivity index (χ0v) is 14.0. The number of rotatable bonds is 4. The Morgan fingerprint density at radius 1 is 1.04 bits per heavy atom. The molecule has 0 amide bonds. The van der Waals surface area contributed by atoms with Crippen molar-refractivity contribution in [2.75, 3.05) is 6.79 Å². The minimum absolute atomic E-state index is 0.210. The summed E-state index contributed by atoms with van der Waals surface area (Å²) in [6.45, 7) is 0.210. The van der Waals surface area contributed by atoms with Gasteiger partial charge in [0.05, 0.1) is 5.75 Å². The molecule has 0 saturated heterocycles. The van der Waals surface area contributed by atoms with Gasteiger partial charge in [0, 0.05) is 11.6 Å². The van der Waals surface area contributed by atoms with Crippen LogP contribution in [0.25, 0.3) is 22.5 Å². The van der Waals surface area contributed by atoms with E-state index in [0.29, 0.717) is 45.3 Å². The van der Waals surface area contributed by atoms with Crippen LogP contribution in [0, 0.1) is 5.82 Å². The summed E-state index contributed by atoms with van der Waals surface area (Å²) in [5.74, 6) is 2.25. The fraction of sp³-hybridized carbons (Fsp3) is 0.118. The summed E-state index contributed by atoms with van der Waals surface area (Å²) in [6, 6.07) is 9.67. The van der Waals surface area contributed by atoms with Crippen LogP contribution in [0.1, 0.15) is 5.89 Å². The number of ether oxygens (including phenoxy) is 2. The third-order valence-corrected chi connectivity index (χ3v) is 4.56. The fourth-order valence-corrected chi connectivity index (χ4v) is 3.20. The lowest BCUT2D eigenvalue weighted by atomic mass is 10.2. The van der Waals surface area contributed by atoms with Crippen molar-refractivity contribution in [2.24, 2.45) is 0 Å². The summed E-state index contributed by atoms with van der Waals surface area (Å²) in [5, 5.41) is 4.39. The molecule has 0 atom stereocenters. The first kappa shape index (κ1) is 15.2. The van der Waals surface area contributed by atoms with E-state index < -0.39 is 0 Å². The molecule has 0 spiro atoms. The maximum atomic E-state index is 13.2. The highest BCUT2D eigenvalue weighted by molar-refractivity contribution is 7.98. The monoisotopic (exact) mass is 371 g/mol. The number of benzene rings is 2. The zero-order valence-electron chi connectivity index (χ0n) is 13.1. The standard InChI is InChI=1S/C17H10FN3O4S/c18-10-2-3-11-13(6-10)24-17(19-11)26-7-15-20-16(21-25-15)9-1-4-12-14(5-9)23-8-22-12/h1-6H,7-8H2. The SMILES string of the molecule is Fc1ccc2nc(SCc3nc(-c4ccc5c(c4)OCO5)no3)oc2c1. The van der Waals surface area contributed by atoms with Crippen LogP contribution in [0.5, 0.6) is 11.5 Å². The average Bonchev–Trinajstić information content (AvgIpc) is 3.37. The molecular formula is C17H10FN3O4S. The molecule has 0 radical (unpaired) electrons. The number of aromatic nitrogens is 3. The van der Waals surface area contributed by atoms with E-state index in [9.17, 15) is 4.39 Å². The van der Waals surface area contributed by atoms with Gasteiger partial charge in [0.1, 0.15) is 11.3 Å². The Labute approximate surface area is 150 Å². The zero-order chi connectivity index (χ0) is 17.5. The van der Waals surface area contributed by atoms with Gasteiger partial charge in [-0.15, -0.1) is 0 Å². The van der Waals surface area contributed by atoms with Crippen molar-refractivity contribution in [1.29, 1.82) is 0 Å². The topological polar surface area (TPSA) is 83.4 Å². The molecule has 0 N–H and O–H groups in total. The van der Waals surface area contributed by atoms with E-state index in [0.717, 1.165) is 5.56 Å². The maximum absolute atomic E-state index is 13.2. The first-order valence-electron chi connectivity index (χ1n) is 7.66. The molecule has 0 unspecified atom stereocenters. The largest absolute Gasteiger partial charge is 0.454 e. The highest BCUT2D eigenvalue weighted by Gasteiger charge is 2.17. The van der Waals surface area contributed by atoms with Crippen molar-refractivity contribution in [2.45, 2.75) is 11.0 Å². The molecule has 26 heavy (non-hydrogen) atoms. The Hall–Kier alpha value is -3.07. The van der Waals surface area contributed by atoms with Crippen molar-refractivity contribution >= 4 is 22.9 Å². The van der Waals surface area contributed by atoms with E-state index in [2.05, 4.69) is 15.1 Å². The average molecular weight is 371 g/mol. The van der Waals surface area contributed by atoms with Crippen LogP contribution in [-0.4, -0.2) is 21.9 Å². The second kappa shape index (κ2) is 6.03. The molecule has 0 aliphatic carbocycles. The number of oxazole rings is 1. The lowest BCUT2D eigenvalue weighted by molar-refractivity contribution is 0.174. The number of fused-ring (bicyclic) bond motifs is 2. The van der Waals surface area contributed by atoms with E-state index in [1.54, 1.807) is 18.2 Å². The predicted molar refractivity (Wildman–Crippen MR) is 89.4 cm³/mol. The van der Waals surface area contributed by atoms with Gasteiger partial charge in [-0.25, -0.2) is 9.37 Å². The van der Waals surface area contributed by atoms with Crippen LogP contribution < -0.4 is 9.47 Å².